The van der Waals surface area contributed by atoms with Crippen LogP contribution in [0.2, 0.25) is 0 Å². The maximum atomic E-state index is 12.0. The molecule has 2 N–H and O–H groups in total. The molecule has 1 saturated heterocycles. The molecule has 104 valence electrons. The molecule has 4 heteroatoms. The molecule has 0 aliphatic carbocycles. The Kier molecular flexibility index (Phi) is 4.22. The first-order valence-electron chi connectivity index (χ1n) is 6.65. The Morgan fingerprint density at radius 2 is 2.11 bits per heavy atom. The van der Waals surface area contributed by atoms with Crippen molar-refractivity contribution in [3.8, 4) is 0 Å². The number of carbonyl (C=O) groups is 1. The van der Waals surface area contributed by atoms with Gasteiger partial charge >= 0.3 is 0 Å². The van der Waals surface area contributed by atoms with Gasteiger partial charge in [-0.2, -0.15) is 0 Å². The molecule has 0 radical (unpaired) electrons. The number of carbonyl (C=O) groups excluding carboxylic acids is 1. The van der Waals surface area contributed by atoms with Gasteiger partial charge in [-0.15, -0.1) is 0 Å². The summed E-state index contributed by atoms with van der Waals surface area (Å²) in [6.45, 7) is 5.31. The number of likely N-dealkylation sites (tertiary alicyclic amines) is 1. The van der Waals surface area contributed by atoms with Crippen molar-refractivity contribution in [3.63, 3.8) is 0 Å². The lowest BCUT2D eigenvalue weighted by Crippen LogP contribution is -2.35. The van der Waals surface area contributed by atoms with Gasteiger partial charge in [0.05, 0.1) is 12.6 Å². The summed E-state index contributed by atoms with van der Waals surface area (Å²) in [5, 5.41) is 0. The highest BCUT2D eigenvalue weighted by atomic mass is 16.5. The molecule has 1 aromatic rings. The van der Waals surface area contributed by atoms with E-state index in [9.17, 15) is 4.79 Å². The second-order valence-corrected chi connectivity index (χ2v) is 5.24. The molecular formula is C15H22N2O2. The number of amides is 1. The fourth-order valence-corrected chi connectivity index (χ4v) is 2.65. The van der Waals surface area contributed by atoms with Crippen molar-refractivity contribution >= 4 is 5.91 Å². The molecule has 2 unspecified atom stereocenters. The summed E-state index contributed by atoms with van der Waals surface area (Å²) in [6.07, 6.45) is 0.418. The van der Waals surface area contributed by atoms with Crippen molar-refractivity contribution in [2.45, 2.75) is 32.4 Å². The number of hydrogen-bond donors (Lipinski definition) is 1. The van der Waals surface area contributed by atoms with Crippen LogP contribution >= 0.6 is 0 Å². The Morgan fingerprint density at radius 1 is 1.37 bits per heavy atom. The number of nitrogens with zero attached hydrogens (tertiary/aromatic N) is 1. The Bertz CT molecular complexity index is 473. The third kappa shape index (κ3) is 2.80. The predicted octanol–water partition coefficient (Wildman–Crippen LogP) is 1.55. The molecule has 19 heavy (non-hydrogen) atoms. The third-order valence-electron chi connectivity index (χ3n) is 3.88. The highest BCUT2D eigenvalue weighted by Crippen LogP contribution is 2.32. The molecule has 1 fully saturated rings. The van der Waals surface area contributed by atoms with E-state index >= 15 is 0 Å². The largest absolute Gasteiger partial charge is 0.383 e. The zero-order valence-electron chi connectivity index (χ0n) is 11.8. The lowest BCUT2D eigenvalue weighted by atomic mass is 9.97. The van der Waals surface area contributed by atoms with Crippen LogP contribution in [0.25, 0.3) is 0 Å². The lowest BCUT2D eigenvalue weighted by molar-refractivity contribution is -0.129. The first kappa shape index (κ1) is 14.0. The van der Waals surface area contributed by atoms with Gasteiger partial charge in [0.25, 0.3) is 0 Å². The number of benzene rings is 1. The summed E-state index contributed by atoms with van der Waals surface area (Å²) < 4.78 is 5.08. The Morgan fingerprint density at radius 3 is 2.74 bits per heavy atom. The van der Waals surface area contributed by atoms with Crippen LogP contribution in [-0.2, 0) is 9.53 Å². The van der Waals surface area contributed by atoms with E-state index < -0.39 is 0 Å². The van der Waals surface area contributed by atoms with E-state index in [4.69, 9.17) is 10.5 Å². The second-order valence-electron chi connectivity index (χ2n) is 5.24. The van der Waals surface area contributed by atoms with Gasteiger partial charge in [-0.25, -0.2) is 0 Å². The minimum atomic E-state index is -0.133. The smallest absolute Gasteiger partial charge is 0.224 e. The molecule has 0 spiro atoms. The molecule has 0 aromatic heterocycles. The average molecular weight is 262 g/mol. The van der Waals surface area contributed by atoms with E-state index in [1.54, 1.807) is 7.11 Å². The van der Waals surface area contributed by atoms with E-state index in [0.29, 0.717) is 19.6 Å². The van der Waals surface area contributed by atoms with Crippen LogP contribution in [0.3, 0.4) is 0 Å². The van der Waals surface area contributed by atoms with E-state index in [1.807, 2.05) is 4.90 Å². The van der Waals surface area contributed by atoms with Gasteiger partial charge in [-0.3, -0.25) is 4.79 Å². The number of aryl methyl sites for hydroxylation is 2. The zero-order chi connectivity index (χ0) is 14.0. The lowest BCUT2D eigenvalue weighted by Gasteiger charge is -2.27. The van der Waals surface area contributed by atoms with Crippen molar-refractivity contribution in [2.24, 2.45) is 5.73 Å². The first-order valence-corrected chi connectivity index (χ1v) is 6.65. The standard InChI is InChI=1S/C15H22N2O2/c1-10-4-5-12(8-11(10)2)15-13(16)9-14(18)17(15)6-7-19-3/h4-5,8,13,15H,6-7,9,16H2,1-3H3. The Labute approximate surface area is 114 Å². The van der Waals surface area contributed by atoms with Gasteiger partial charge < -0.3 is 15.4 Å². The van der Waals surface area contributed by atoms with Crippen LogP contribution < -0.4 is 5.73 Å². The summed E-state index contributed by atoms with van der Waals surface area (Å²) >= 11 is 0. The zero-order valence-corrected chi connectivity index (χ0v) is 11.8. The van der Waals surface area contributed by atoms with Gasteiger partial charge in [-0.05, 0) is 30.5 Å². The number of hydrogen-bond acceptors (Lipinski definition) is 3. The highest BCUT2D eigenvalue weighted by molar-refractivity contribution is 5.80. The van der Waals surface area contributed by atoms with E-state index in [1.165, 1.54) is 11.1 Å². The molecule has 0 saturated carbocycles. The summed E-state index contributed by atoms with van der Waals surface area (Å²) in [4.78, 5) is 13.9. The Hall–Kier alpha value is -1.39. The third-order valence-corrected chi connectivity index (χ3v) is 3.88. The van der Waals surface area contributed by atoms with Crippen LogP contribution in [0.4, 0.5) is 0 Å². The second kappa shape index (κ2) is 5.72. The molecule has 1 aromatic carbocycles. The van der Waals surface area contributed by atoms with Crippen LogP contribution in [-0.4, -0.2) is 37.1 Å². The fraction of sp³-hybridized carbons (Fsp3) is 0.533. The molecule has 1 amide bonds. The van der Waals surface area contributed by atoms with E-state index in [0.717, 1.165) is 5.56 Å². The van der Waals surface area contributed by atoms with Crippen molar-refractivity contribution in [3.05, 3.63) is 34.9 Å². The fourth-order valence-electron chi connectivity index (χ4n) is 2.65. The summed E-state index contributed by atoms with van der Waals surface area (Å²) in [6, 6.07) is 6.14. The summed E-state index contributed by atoms with van der Waals surface area (Å²) in [5.74, 6) is 0.118. The van der Waals surface area contributed by atoms with E-state index in [-0.39, 0.29) is 18.0 Å². The van der Waals surface area contributed by atoms with Crippen LogP contribution in [0, 0.1) is 13.8 Å². The van der Waals surface area contributed by atoms with Crippen molar-refractivity contribution in [1.82, 2.24) is 4.90 Å². The minimum Gasteiger partial charge on any atom is -0.383 e. The SMILES string of the molecule is COCCN1C(=O)CC(N)C1c1ccc(C)c(C)c1. The van der Waals surface area contributed by atoms with Gasteiger partial charge in [0.15, 0.2) is 0 Å². The minimum absolute atomic E-state index is 0.0260. The van der Waals surface area contributed by atoms with Crippen LogP contribution in [0.5, 0.6) is 0 Å². The molecule has 1 aliphatic rings. The van der Waals surface area contributed by atoms with Gasteiger partial charge in [0.1, 0.15) is 0 Å². The van der Waals surface area contributed by atoms with Gasteiger partial charge in [0.2, 0.25) is 5.91 Å². The van der Waals surface area contributed by atoms with Crippen LogP contribution in [0.1, 0.15) is 29.2 Å². The van der Waals surface area contributed by atoms with Gasteiger partial charge in [-0.1, -0.05) is 18.2 Å². The van der Waals surface area contributed by atoms with Gasteiger partial charge in [0, 0.05) is 26.1 Å². The topological polar surface area (TPSA) is 55.6 Å². The van der Waals surface area contributed by atoms with E-state index in [2.05, 4.69) is 32.0 Å². The molecule has 4 nitrogen and oxygen atoms in total. The quantitative estimate of drug-likeness (QED) is 0.895. The summed E-state index contributed by atoms with van der Waals surface area (Å²) in [5.41, 5.74) is 9.76. The van der Waals surface area contributed by atoms with Crippen molar-refractivity contribution in [2.75, 3.05) is 20.3 Å². The Balaban J connectivity index is 2.28. The maximum Gasteiger partial charge on any atom is 0.224 e. The predicted molar refractivity (Wildman–Crippen MR) is 74.8 cm³/mol. The molecule has 1 aliphatic heterocycles. The first-order chi connectivity index (χ1) is 9.04. The molecular weight excluding hydrogens is 240 g/mol. The molecule has 2 atom stereocenters. The van der Waals surface area contributed by atoms with Crippen molar-refractivity contribution < 1.29 is 9.53 Å². The number of methoxy groups -OCH3 is 1. The number of ether oxygens (including phenoxy) is 1. The van der Waals surface area contributed by atoms with Crippen molar-refractivity contribution in [1.29, 1.82) is 0 Å². The normalized spacial score (nSPS) is 23.2. The molecule has 1 heterocycles. The highest BCUT2D eigenvalue weighted by Gasteiger charge is 2.38. The van der Waals surface area contributed by atoms with Crippen LogP contribution in [0.15, 0.2) is 18.2 Å². The summed E-state index contributed by atoms with van der Waals surface area (Å²) in [7, 11) is 1.64. The number of nitrogens with two attached hydrogens (primary N) is 1. The average Bonchev–Trinajstić information content (AvgIpc) is 2.65. The monoisotopic (exact) mass is 262 g/mol. The molecule has 0 bridgehead atoms. The number of rotatable bonds is 4. The maximum absolute atomic E-state index is 12.0. The molecule has 2 rings (SSSR count).